The molecule has 0 saturated heterocycles. The van der Waals surface area contributed by atoms with Crippen LogP contribution in [-0.2, 0) is 0 Å². The summed E-state index contributed by atoms with van der Waals surface area (Å²) in [7, 11) is 0. The minimum atomic E-state index is 0.899. The number of furan rings is 2. The molecule has 0 aliphatic heterocycles. The van der Waals surface area contributed by atoms with Crippen molar-refractivity contribution in [1.82, 2.24) is 4.57 Å². The molecule has 13 rings (SSSR count). The van der Waals surface area contributed by atoms with Gasteiger partial charge in [-0.3, -0.25) is 0 Å². The topological polar surface area (TPSA) is 31.2 Å². The Kier molecular flexibility index (Phi) is 6.72. The van der Waals surface area contributed by atoms with Crippen LogP contribution in [0, 0.1) is 0 Å². The number of para-hydroxylation sites is 4. The van der Waals surface area contributed by atoms with Gasteiger partial charge in [0.1, 0.15) is 22.3 Å². The first-order valence-electron chi connectivity index (χ1n) is 20.2. The van der Waals surface area contributed by atoms with E-state index in [0.29, 0.717) is 0 Å². The number of nitrogens with zero attached hydrogens (tertiary/aromatic N) is 1. The monoisotopic (exact) mass is 751 g/mol. The second kappa shape index (κ2) is 12.3. The van der Waals surface area contributed by atoms with Crippen molar-refractivity contribution < 1.29 is 8.83 Å². The second-order valence-electron chi connectivity index (χ2n) is 15.6. The average Bonchev–Trinajstić information content (AvgIpc) is 3.98. The van der Waals surface area contributed by atoms with Gasteiger partial charge < -0.3 is 13.4 Å². The molecule has 3 heteroatoms. The first-order chi connectivity index (χ1) is 29.2. The van der Waals surface area contributed by atoms with Crippen molar-refractivity contribution in [2.75, 3.05) is 0 Å². The fourth-order valence-corrected chi connectivity index (χ4v) is 9.69. The predicted octanol–water partition coefficient (Wildman–Crippen LogP) is 15.9. The highest BCUT2D eigenvalue weighted by Gasteiger charge is 2.19. The van der Waals surface area contributed by atoms with Gasteiger partial charge in [0.15, 0.2) is 0 Å². The second-order valence-corrected chi connectivity index (χ2v) is 15.6. The molecule has 0 atom stereocenters. The first kappa shape index (κ1) is 32.2. The molecule has 3 heterocycles. The van der Waals surface area contributed by atoms with Crippen LogP contribution in [0.15, 0.2) is 209 Å². The minimum absolute atomic E-state index is 0.899. The number of hydrogen-bond donors (Lipinski definition) is 0. The molecule has 0 unspecified atom stereocenters. The Labute approximate surface area is 338 Å². The Hall–Kier alpha value is -7.88. The van der Waals surface area contributed by atoms with Crippen molar-refractivity contribution in [3.05, 3.63) is 200 Å². The summed E-state index contributed by atoms with van der Waals surface area (Å²) in [5, 5.41) is 11.9. The van der Waals surface area contributed by atoms with Crippen molar-refractivity contribution in [2.45, 2.75) is 0 Å². The zero-order valence-corrected chi connectivity index (χ0v) is 31.8. The molecule has 59 heavy (non-hydrogen) atoms. The molecule has 0 bridgehead atoms. The molecular formula is C56H33NO2. The minimum Gasteiger partial charge on any atom is -0.455 e. The number of rotatable bonds is 4. The Morgan fingerprint density at radius 3 is 1.41 bits per heavy atom. The quantitative estimate of drug-likeness (QED) is 0.168. The van der Waals surface area contributed by atoms with E-state index in [4.69, 9.17) is 8.83 Å². The van der Waals surface area contributed by atoms with Gasteiger partial charge in [0.2, 0.25) is 0 Å². The molecule has 0 spiro atoms. The highest BCUT2D eigenvalue weighted by molar-refractivity contribution is 6.17. The van der Waals surface area contributed by atoms with E-state index in [1.807, 2.05) is 12.1 Å². The number of hydrogen-bond acceptors (Lipinski definition) is 2. The Morgan fingerprint density at radius 1 is 0.288 bits per heavy atom. The summed E-state index contributed by atoms with van der Waals surface area (Å²) >= 11 is 0. The van der Waals surface area contributed by atoms with E-state index in [1.165, 1.54) is 43.4 Å². The van der Waals surface area contributed by atoms with Gasteiger partial charge in [-0.05, 0) is 98.4 Å². The number of fused-ring (bicyclic) bond motifs is 12. The summed E-state index contributed by atoms with van der Waals surface area (Å²) in [5.74, 6) is 0. The van der Waals surface area contributed by atoms with Crippen LogP contribution < -0.4 is 0 Å². The maximum Gasteiger partial charge on any atom is 0.143 e. The number of aromatic nitrogens is 1. The van der Waals surface area contributed by atoms with E-state index in [0.717, 1.165) is 82.9 Å². The first-order valence-corrected chi connectivity index (χ1v) is 20.2. The lowest BCUT2D eigenvalue weighted by Gasteiger charge is -2.14. The zero-order valence-electron chi connectivity index (χ0n) is 31.8. The lowest BCUT2D eigenvalue weighted by molar-refractivity contribution is 0.669. The molecule has 0 fully saturated rings. The van der Waals surface area contributed by atoms with Crippen LogP contribution in [-0.4, -0.2) is 4.57 Å². The molecule has 274 valence electrons. The van der Waals surface area contributed by atoms with Gasteiger partial charge in [0.05, 0.1) is 11.0 Å². The molecule has 10 aromatic carbocycles. The van der Waals surface area contributed by atoms with Gasteiger partial charge in [0.25, 0.3) is 0 Å². The third kappa shape index (κ3) is 4.76. The third-order valence-corrected chi connectivity index (χ3v) is 12.4. The summed E-state index contributed by atoms with van der Waals surface area (Å²) in [4.78, 5) is 0. The van der Waals surface area contributed by atoms with Crippen molar-refractivity contribution in [3.8, 4) is 39.1 Å². The molecule has 0 saturated carbocycles. The molecule has 0 aliphatic rings. The molecule has 0 amide bonds. The maximum atomic E-state index is 6.55. The summed E-state index contributed by atoms with van der Waals surface area (Å²) in [6.45, 7) is 0. The zero-order chi connectivity index (χ0) is 38.6. The van der Waals surface area contributed by atoms with Crippen LogP contribution in [0.5, 0.6) is 0 Å². The molecular weight excluding hydrogens is 719 g/mol. The van der Waals surface area contributed by atoms with E-state index < -0.39 is 0 Å². The van der Waals surface area contributed by atoms with Crippen molar-refractivity contribution >= 4 is 87.2 Å². The van der Waals surface area contributed by atoms with E-state index in [9.17, 15) is 0 Å². The highest BCUT2D eigenvalue weighted by atomic mass is 16.3. The fraction of sp³-hybridized carbons (Fsp3) is 0. The highest BCUT2D eigenvalue weighted by Crippen LogP contribution is 2.43. The molecule has 13 aromatic rings. The van der Waals surface area contributed by atoms with Crippen LogP contribution in [0.3, 0.4) is 0 Å². The summed E-state index contributed by atoms with van der Waals surface area (Å²) in [6.07, 6.45) is 0. The Balaban J connectivity index is 1.06. The average molecular weight is 752 g/mol. The van der Waals surface area contributed by atoms with Crippen molar-refractivity contribution in [3.63, 3.8) is 0 Å². The molecule has 0 N–H and O–H groups in total. The normalized spacial score (nSPS) is 12.1. The van der Waals surface area contributed by atoms with E-state index in [2.05, 4.69) is 193 Å². The lowest BCUT2D eigenvalue weighted by atomic mass is 9.93. The largest absolute Gasteiger partial charge is 0.455 e. The van der Waals surface area contributed by atoms with Gasteiger partial charge in [0, 0.05) is 49.1 Å². The standard InChI is InChI=1S/C56H33NO2/c1-2-15-39-35(12-1)31-48(43-17-4-3-16-42(39)43)34-13-9-14-38(30-34)57-51-28-26-36(40-20-10-22-46-44-18-5-7-24-53(44)58-55(40)46)32-49(51)50-33-37(27-29-52(50)57)41-21-11-23-47-45-19-6-8-25-54(45)59-56(41)47/h1-33H. The van der Waals surface area contributed by atoms with Crippen LogP contribution in [0.4, 0.5) is 0 Å². The van der Waals surface area contributed by atoms with Gasteiger partial charge in [-0.25, -0.2) is 0 Å². The Morgan fingerprint density at radius 2 is 0.780 bits per heavy atom. The van der Waals surface area contributed by atoms with Crippen molar-refractivity contribution in [1.29, 1.82) is 0 Å². The van der Waals surface area contributed by atoms with E-state index in [1.54, 1.807) is 0 Å². The smallest absolute Gasteiger partial charge is 0.143 e. The van der Waals surface area contributed by atoms with Gasteiger partial charge in [-0.15, -0.1) is 0 Å². The van der Waals surface area contributed by atoms with Crippen LogP contribution in [0.2, 0.25) is 0 Å². The maximum absolute atomic E-state index is 6.55. The molecule has 3 nitrogen and oxygen atoms in total. The third-order valence-electron chi connectivity index (χ3n) is 12.4. The van der Waals surface area contributed by atoms with E-state index in [-0.39, 0.29) is 0 Å². The number of benzene rings is 10. The van der Waals surface area contributed by atoms with Gasteiger partial charge >= 0.3 is 0 Å². The fourth-order valence-electron chi connectivity index (χ4n) is 9.69. The molecule has 0 aliphatic carbocycles. The lowest BCUT2D eigenvalue weighted by Crippen LogP contribution is -1.95. The molecule has 0 radical (unpaired) electrons. The summed E-state index contributed by atoms with van der Waals surface area (Å²) in [6, 6.07) is 72.1. The van der Waals surface area contributed by atoms with Crippen LogP contribution in [0.1, 0.15) is 0 Å². The molecule has 3 aromatic heterocycles. The van der Waals surface area contributed by atoms with Gasteiger partial charge in [-0.2, -0.15) is 0 Å². The van der Waals surface area contributed by atoms with E-state index >= 15 is 0 Å². The Bertz CT molecular complexity index is 3690. The van der Waals surface area contributed by atoms with Gasteiger partial charge in [-0.1, -0.05) is 146 Å². The van der Waals surface area contributed by atoms with Crippen LogP contribution in [0.25, 0.3) is 126 Å². The SMILES string of the molecule is c1cc(-c2cc3ccccc3c3ccccc23)cc(-n2c3ccc(-c4cccc5c4oc4ccccc45)cc3c3cc(-c4cccc5c4oc4ccccc45)ccc32)c1. The van der Waals surface area contributed by atoms with Crippen molar-refractivity contribution in [2.24, 2.45) is 0 Å². The predicted molar refractivity (Wildman–Crippen MR) is 247 cm³/mol. The summed E-state index contributed by atoms with van der Waals surface area (Å²) < 4.78 is 15.5. The van der Waals surface area contributed by atoms with Crippen LogP contribution >= 0.6 is 0 Å². The summed E-state index contributed by atoms with van der Waals surface area (Å²) in [5.41, 5.74) is 13.8.